The van der Waals surface area contributed by atoms with Gasteiger partial charge >= 0.3 is 0 Å². The van der Waals surface area contributed by atoms with E-state index in [2.05, 4.69) is 14.9 Å². The largest absolute Gasteiger partial charge is 0.360 e. The minimum atomic E-state index is -3.82. The summed E-state index contributed by atoms with van der Waals surface area (Å²) in [6, 6.07) is 6.71. The molecule has 8 heteroatoms. The van der Waals surface area contributed by atoms with Crippen molar-refractivity contribution in [2.45, 2.75) is 18.7 Å². The van der Waals surface area contributed by atoms with Crippen molar-refractivity contribution in [1.29, 1.82) is 0 Å². The first-order valence-corrected chi connectivity index (χ1v) is 8.25. The van der Waals surface area contributed by atoms with Gasteiger partial charge in [0.2, 0.25) is 0 Å². The first kappa shape index (κ1) is 14.8. The molecule has 6 nitrogen and oxygen atoms in total. The zero-order valence-electron chi connectivity index (χ0n) is 11.8. The van der Waals surface area contributed by atoms with Crippen LogP contribution in [0.3, 0.4) is 0 Å². The molecule has 0 atom stereocenters. The van der Waals surface area contributed by atoms with Gasteiger partial charge in [-0.05, 0) is 38.1 Å². The predicted molar refractivity (Wildman–Crippen MR) is 83.5 cm³/mol. The molecule has 0 radical (unpaired) electrons. The van der Waals surface area contributed by atoms with E-state index in [1.165, 1.54) is 0 Å². The van der Waals surface area contributed by atoms with Gasteiger partial charge in [-0.15, -0.1) is 0 Å². The smallest absolute Gasteiger partial charge is 0.267 e. The van der Waals surface area contributed by atoms with Gasteiger partial charge in [-0.25, -0.2) is 8.42 Å². The molecule has 0 saturated carbocycles. The lowest BCUT2D eigenvalue weighted by molar-refractivity contribution is 0.390. The van der Waals surface area contributed by atoms with Crippen molar-refractivity contribution >= 4 is 38.2 Å². The molecule has 1 N–H and O–H groups in total. The maximum absolute atomic E-state index is 12.6. The van der Waals surface area contributed by atoms with Crippen LogP contribution in [-0.2, 0) is 10.0 Å². The van der Waals surface area contributed by atoms with Crippen molar-refractivity contribution in [1.82, 2.24) is 10.1 Å². The Hall–Kier alpha value is -2.12. The Kier molecular flexibility index (Phi) is 3.54. The fourth-order valence-corrected chi connectivity index (χ4v) is 3.89. The highest BCUT2D eigenvalue weighted by Crippen LogP contribution is 2.30. The highest BCUT2D eigenvalue weighted by Gasteiger charge is 2.25. The van der Waals surface area contributed by atoms with Crippen molar-refractivity contribution in [3.05, 3.63) is 46.9 Å². The molecule has 0 amide bonds. The van der Waals surface area contributed by atoms with E-state index in [-0.39, 0.29) is 10.7 Å². The van der Waals surface area contributed by atoms with Crippen molar-refractivity contribution in [3.63, 3.8) is 0 Å². The van der Waals surface area contributed by atoms with Crippen molar-refractivity contribution in [3.8, 4) is 0 Å². The van der Waals surface area contributed by atoms with Crippen molar-refractivity contribution in [2.75, 3.05) is 4.72 Å². The number of aryl methyl sites for hydroxylation is 2. The van der Waals surface area contributed by atoms with Gasteiger partial charge in [-0.3, -0.25) is 9.71 Å². The van der Waals surface area contributed by atoms with E-state index < -0.39 is 10.0 Å². The monoisotopic (exact) mass is 337 g/mol. The molecule has 0 aliphatic heterocycles. The van der Waals surface area contributed by atoms with Crippen LogP contribution in [0, 0.1) is 13.8 Å². The molecular formula is C14H12ClN3O3S. The molecule has 22 heavy (non-hydrogen) atoms. The number of fused-ring (bicyclic) bond motifs is 1. The quantitative estimate of drug-likeness (QED) is 0.792. The van der Waals surface area contributed by atoms with E-state index in [0.29, 0.717) is 27.3 Å². The van der Waals surface area contributed by atoms with E-state index in [1.54, 1.807) is 44.3 Å². The van der Waals surface area contributed by atoms with Crippen LogP contribution >= 0.6 is 11.6 Å². The summed E-state index contributed by atoms with van der Waals surface area (Å²) in [6.45, 7) is 3.12. The number of benzene rings is 1. The minimum absolute atomic E-state index is 0.0338. The second-order valence-electron chi connectivity index (χ2n) is 4.75. The Balaban J connectivity index is 2.13. The third kappa shape index (κ3) is 2.42. The summed E-state index contributed by atoms with van der Waals surface area (Å²) < 4.78 is 32.6. The first-order chi connectivity index (χ1) is 10.4. The molecule has 3 rings (SSSR count). The van der Waals surface area contributed by atoms with Gasteiger partial charge in [-0.1, -0.05) is 16.8 Å². The van der Waals surface area contributed by atoms with E-state index >= 15 is 0 Å². The third-order valence-electron chi connectivity index (χ3n) is 3.20. The normalized spacial score (nSPS) is 11.8. The lowest BCUT2D eigenvalue weighted by Gasteiger charge is -2.10. The Labute approximate surface area is 132 Å². The van der Waals surface area contributed by atoms with Crippen LogP contribution in [0.1, 0.15) is 11.5 Å². The number of hydrogen-bond acceptors (Lipinski definition) is 5. The zero-order chi connectivity index (χ0) is 15.9. The number of halogens is 1. The van der Waals surface area contributed by atoms with E-state index in [9.17, 15) is 8.42 Å². The zero-order valence-corrected chi connectivity index (χ0v) is 13.4. The van der Waals surface area contributed by atoms with Gasteiger partial charge in [0, 0.05) is 11.6 Å². The summed E-state index contributed by atoms with van der Waals surface area (Å²) in [5, 5.41) is 4.84. The fourth-order valence-electron chi connectivity index (χ4n) is 2.27. The molecule has 0 aliphatic rings. The maximum atomic E-state index is 12.6. The van der Waals surface area contributed by atoms with Crippen LogP contribution in [0.4, 0.5) is 5.69 Å². The highest BCUT2D eigenvalue weighted by atomic mass is 35.5. The summed E-state index contributed by atoms with van der Waals surface area (Å²) in [4.78, 5) is 4.24. The van der Waals surface area contributed by atoms with Gasteiger partial charge in [0.15, 0.2) is 10.7 Å². The topological polar surface area (TPSA) is 85.1 Å². The summed E-state index contributed by atoms with van der Waals surface area (Å²) in [6.07, 6.45) is 1.58. The number of anilines is 1. The van der Waals surface area contributed by atoms with Crippen LogP contribution in [-0.4, -0.2) is 18.6 Å². The van der Waals surface area contributed by atoms with Crippen LogP contribution in [0.5, 0.6) is 0 Å². The van der Waals surface area contributed by atoms with Crippen molar-refractivity contribution in [2.24, 2.45) is 0 Å². The Morgan fingerprint density at radius 3 is 2.68 bits per heavy atom. The van der Waals surface area contributed by atoms with Gasteiger partial charge < -0.3 is 4.52 Å². The van der Waals surface area contributed by atoms with Gasteiger partial charge in [0.05, 0.1) is 16.2 Å². The van der Waals surface area contributed by atoms with Crippen molar-refractivity contribution < 1.29 is 12.9 Å². The standard InChI is InChI=1S/C14H12ClN3O3S/c1-8-14(9(2)21-17-8)22(19,20)18-12-6-5-11(15)10-4-3-7-16-13(10)12/h3-7,18H,1-2H3. The molecule has 0 fully saturated rings. The molecule has 0 saturated heterocycles. The van der Waals surface area contributed by atoms with Crippen LogP contribution in [0.15, 0.2) is 39.9 Å². The summed E-state index contributed by atoms with van der Waals surface area (Å²) in [5.41, 5.74) is 1.13. The molecule has 114 valence electrons. The lowest BCUT2D eigenvalue weighted by Crippen LogP contribution is -2.15. The van der Waals surface area contributed by atoms with Gasteiger partial charge in [0.1, 0.15) is 5.69 Å². The lowest BCUT2D eigenvalue weighted by atomic mass is 10.2. The number of nitrogens with one attached hydrogen (secondary N) is 1. The van der Waals surface area contributed by atoms with Crippen LogP contribution in [0.2, 0.25) is 5.02 Å². The molecule has 0 unspecified atom stereocenters. The molecule has 0 spiro atoms. The Bertz CT molecular complexity index is 947. The Morgan fingerprint density at radius 2 is 2.00 bits per heavy atom. The maximum Gasteiger partial charge on any atom is 0.267 e. The fraction of sp³-hybridized carbons (Fsp3) is 0.143. The predicted octanol–water partition coefficient (Wildman–Crippen LogP) is 3.29. The second-order valence-corrected chi connectivity index (χ2v) is 6.78. The molecule has 0 aliphatic carbocycles. The third-order valence-corrected chi connectivity index (χ3v) is 5.14. The molecule has 3 aromatic rings. The van der Waals surface area contributed by atoms with Crippen LogP contribution in [0.25, 0.3) is 10.9 Å². The minimum Gasteiger partial charge on any atom is -0.360 e. The van der Waals surface area contributed by atoms with E-state index in [4.69, 9.17) is 16.1 Å². The number of sulfonamides is 1. The number of nitrogens with zero attached hydrogens (tertiary/aromatic N) is 2. The molecular weight excluding hydrogens is 326 g/mol. The van der Waals surface area contributed by atoms with Gasteiger partial charge in [0.25, 0.3) is 10.0 Å². The second kappa shape index (κ2) is 5.26. The van der Waals surface area contributed by atoms with E-state index in [0.717, 1.165) is 0 Å². The molecule has 1 aromatic carbocycles. The average molecular weight is 338 g/mol. The molecule has 0 bridgehead atoms. The summed E-state index contributed by atoms with van der Waals surface area (Å²) in [7, 11) is -3.82. The van der Waals surface area contributed by atoms with E-state index in [1.807, 2.05) is 0 Å². The average Bonchev–Trinajstić information content (AvgIpc) is 2.82. The summed E-state index contributed by atoms with van der Waals surface area (Å²) >= 11 is 6.11. The first-order valence-electron chi connectivity index (χ1n) is 6.39. The van der Waals surface area contributed by atoms with Crippen LogP contribution < -0.4 is 4.72 Å². The highest BCUT2D eigenvalue weighted by molar-refractivity contribution is 7.92. The SMILES string of the molecule is Cc1noc(C)c1S(=O)(=O)Nc1ccc(Cl)c2cccnc12. The number of rotatable bonds is 3. The Morgan fingerprint density at radius 1 is 1.23 bits per heavy atom. The number of pyridine rings is 1. The summed E-state index contributed by atoms with van der Waals surface area (Å²) in [5.74, 6) is 0.233. The van der Waals surface area contributed by atoms with Gasteiger partial charge in [-0.2, -0.15) is 0 Å². The number of aromatic nitrogens is 2. The number of hydrogen-bond donors (Lipinski definition) is 1. The molecule has 2 heterocycles. The molecule has 2 aromatic heterocycles.